The zero-order valence-electron chi connectivity index (χ0n) is 9.44. The molecule has 0 fully saturated rings. The summed E-state index contributed by atoms with van der Waals surface area (Å²) in [4.78, 5) is 10.5. The van der Waals surface area contributed by atoms with Crippen molar-refractivity contribution in [1.82, 2.24) is 0 Å². The van der Waals surface area contributed by atoms with Crippen LogP contribution in [-0.4, -0.2) is 26.2 Å². The molecule has 0 atom stereocenters. The van der Waals surface area contributed by atoms with Crippen LogP contribution in [0.25, 0.3) is 0 Å². The summed E-state index contributed by atoms with van der Waals surface area (Å²) in [7, 11) is 1.69. The second-order valence-corrected chi connectivity index (χ2v) is 3.61. The SMILES string of the molecule is COCCC[NH2+]Cc1ccc(C(=O)[O-])cc1. The van der Waals surface area contributed by atoms with Gasteiger partial charge in [0.2, 0.25) is 0 Å². The molecule has 0 aliphatic carbocycles. The van der Waals surface area contributed by atoms with Crippen LogP contribution in [0.2, 0.25) is 0 Å². The Bertz CT molecular complexity index is 322. The fourth-order valence-corrected chi connectivity index (χ4v) is 1.42. The zero-order valence-corrected chi connectivity index (χ0v) is 9.44. The molecule has 16 heavy (non-hydrogen) atoms. The van der Waals surface area contributed by atoms with E-state index >= 15 is 0 Å². The number of hydrogen-bond acceptors (Lipinski definition) is 3. The maximum absolute atomic E-state index is 10.5. The smallest absolute Gasteiger partial charge is 0.101 e. The van der Waals surface area contributed by atoms with E-state index in [0.717, 1.165) is 31.7 Å². The summed E-state index contributed by atoms with van der Waals surface area (Å²) in [6.45, 7) is 2.65. The number of carbonyl (C=O) groups is 1. The van der Waals surface area contributed by atoms with Crippen LogP contribution in [0.1, 0.15) is 22.3 Å². The van der Waals surface area contributed by atoms with E-state index in [1.807, 2.05) is 12.1 Å². The van der Waals surface area contributed by atoms with E-state index in [1.54, 1.807) is 19.2 Å². The second-order valence-electron chi connectivity index (χ2n) is 3.61. The molecule has 0 aromatic heterocycles. The Kier molecular flexibility index (Phi) is 5.53. The maximum atomic E-state index is 10.5. The molecule has 88 valence electrons. The number of ether oxygens (including phenoxy) is 1. The third kappa shape index (κ3) is 4.42. The predicted molar refractivity (Wildman–Crippen MR) is 57.8 cm³/mol. The molecule has 0 amide bonds. The van der Waals surface area contributed by atoms with Gasteiger partial charge in [0.1, 0.15) is 6.54 Å². The number of quaternary nitrogens is 1. The van der Waals surface area contributed by atoms with E-state index in [0.29, 0.717) is 0 Å². The molecule has 0 bridgehead atoms. The predicted octanol–water partition coefficient (Wildman–Crippen LogP) is -0.850. The minimum absolute atomic E-state index is 0.225. The van der Waals surface area contributed by atoms with E-state index in [9.17, 15) is 9.90 Å². The van der Waals surface area contributed by atoms with Crippen LogP contribution < -0.4 is 10.4 Å². The first-order valence-electron chi connectivity index (χ1n) is 5.35. The van der Waals surface area contributed by atoms with Crippen LogP contribution in [0.5, 0.6) is 0 Å². The van der Waals surface area contributed by atoms with Gasteiger partial charge in [0, 0.05) is 19.1 Å². The van der Waals surface area contributed by atoms with Crippen molar-refractivity contribution in [2.24, 2.45) is 0 Å². The van der Waals surface area contributed by atoms with Gasteiger partial charge in [-0.15, -0.1) is 0 Å². The van der Waals surface area contributed by atoms with Crippen molar-refractivity contribution in [3.8, 4) is 0 Å². The average molecular weight is 223 g/mol. The lowest BCUT2D eigenvalue weighted by atomic mass is 10.1. The average Bonchev–Trinajstić information content (AvgIpc) is 2.29. The van der Waals surface area contributed by atoms with Gasteiger partial charge in [0.25, 0.3) is 0 Å². The van der Waals surface area contributed by atoms with Crippen LogP contribution in [0, 0.1) is 0 Å². The van der Waals surface area contributed by atoms with Gasteiger partial charge in [0.05, 0.1) is 19.1 Å². The lowest BCUT2D eigenvalue weighted by Gasteiger charge is -2.04. The van der Waals surface area contributed by atoms with Crippen molar-refractivity contribution in [1.29, 1.82) is 0 Å². The Morgan fingerprint density at radius 2 is 2.06 bits per heavy atom. The van der Waals surface area contributed by atoms with E-state index in [1.165, 1.54) is 0 Å². The first-order chi connectivity index (χ1) is 7.74. The summed E-state index contributed by atoms with van der Waals surface area (Å²) in [6, 6.07) is 6.79. The van der Waals surface area contributed by atoms with Crippen LogP contribution in [0.3, 0.4) is 0 Å². The molecule has 0 aliphatic heterocycles. The molecule has 0 radical (unpaired) electrons. The van der Waals surface area contributed by atoms with Crippen molar-refractivity contribution in [2.45, 2.75) is 13.0 Å². The first-order valence-corrected chi connectivity index (χ1v) is 5.35. The third-order valence-electron chi connectivity index (χ3n) is 2.33. The number of nitrogens with two attached hydrogens (primary N) is 1. The second kappa shape index (κ2) is 6.98. The fraction of sp³-hybridized carbons (Fsp3) is 0.417. The summed E-state index contributed by atoms with van der Waals surface area (Å²) in [5, 5.41) is 12.7. The number of methoxy groups -OCH3 is 1. The monoisotopic (exact) mass is 223 g/mol. The number of rotatable bonds is 7. The zero-order chi connectivity index (χ0) is 11.8. The third-order valence-corrected chi connectivity index (χ3v) is 2.33. The van der Waals surface area contributed by atoms with E-state index < -0.39 is 5.97 Å². The minimum Gasteiger partial charge on any atom is -0.545 e. The van der Waals surface area contributed by atoms with Gasteiger partial charge in [-0.25, -0.2) is 0 Å². The summed E-state index contributed by atoms with van der Waals surface area (Å²) in [5.74, 6) is -1.13. The van der Waals surface area contributed by atoms with Crippen molar-refractivity contribution in [2.75, 3.05) is 20.3 Å². The molecule has 2 N–H and O–H groups in total. The van der Waals surface area contributed by atoms with E-state index in [4.69, 9.17) is 4.74 Å². The normalized spacial score (nSPS) is 10.3. The first kappa shape index (κ1) is 12.7. The quantitative estimate of drug-likeness (QED) is 0.612. The summed E-state index contributed by atoms with van der Waals surface area (Å²) < 4.78 is 4.94. The summed E-state index contributed by atoms with van der Waals surface area (Å²) in [5.41, 5.74) is 1.34. The molecule has 0 spiro atoms. The number of aromatic carboxylic acids is 1. The van der Waals surface area contributed by atoms with Crippen molar-refractivity contribution in [3.05, 3.63) is 35.4 Å². The van der Waals surface area contributed by atoms with E-state index in [-0.39, 0.29) is 5.56 Å². The molecule has 0 unspecified atom stereocenters. The van der Waals surface area contributed by atoms with Gasteiger partial charge in [-0.05, 0) is 5.56 Å². The largest absolute Gasteiger partial charge is 0.545 e. The lowest BCUT2D eigenvalue weighted by Crippen LogP contribution is -2.82. The van der Waals surface area contributed by atoms with Crippen LogP contribution in [0.15, 0.2) is 24.3 Å². The highest BCUT2D eigenvalue weighted by Crippen LogP contribution is 2.01. The molecule has 4 heteroatoms. The Balaban J connectivity index is 2.29. The lowest BCUT2D eigenvalue weighted by molar-refractivity contribution is -0.671. The number of hydrogen-bond donors (Lipinski definition) is 1. The van der Waals surface area contributed by atoms with Crippen LogP contribution >= 0.6 is 0 Å². The molecule has 0 heterocycles. The molecule has 0 saturated heterocycles. The van der Waals surface area contributed by atoms with Crippen molar-refractivity contribution < 1.29 is 20.0 Å². The molecule has 0 aliphatic rings. The number of carboxylic acids is 1. The van der Waals surface area contributed by atoms with Gasteiger partial charge in [0.15, 0.2) is 0 Å². The van der Waals surface area contributed by atoms with Gasteiger partial charge in [-0.3, -0.25) is 0 Å². The molecule has 4 nitrogen and oxygen atoms in total. The highest BCUT2D eigenvalue weighted by molar-refractivity contribution is 5.85. The Labute approximate surface area is 95.2 Å². The highest BCUT2D eigenvalue weighted by atomic mass is 16.5. The summed E-state index contributed by atoms with van der Waals surface area (Å²) in [6.07, 6.45) is 1.02. The van der Waals surface area contributed by atoms with Gasteiger partial charge in [-0.2, -0.15) is 0 Å². The van der Waals surface area contributed by atoms with Crippen molar-refractivity contribution >= 4 is 5.97 Å². The van der Waals surface area contributed by atoms with Gasteiger partial charge >= 0.3 is 0 Å². The van der Waals surface area contributed by atoms with Crippen molar-refractivity contribution in [3.63, 3.8) is 0 Å². The molecular weight excluding hydrogens is 206 g/mol. The topological polar surface area (TPSA) is 66.0 Å². The molecular formula is C12H17NO3. The number of carboxylic acid groups (broad SMARTS) is 1. The fourth-order valence-electron chi connectivity index (χ4n) is 1.42. The van der Waals surface area contributed by atoms with Gasteiger partial charge in [-0.1, -0.05) is 24.3 Å². The Morgan fingerprint density at radius 1 is 1.38 bits per heavy atom. The highest BCUT2D eigenvalue weighted by Gasteiger charge is 1.97. The maximum Gasteiger partial charge on any atom is 0.101 e. The summed E-state index contributed by atoms with van der Waals surface area (Å²) >= 11 is 0. The standard InChI is InChI=1S/C12H17NO3/c1-16-8-2-7-13-9-10-3-5-11(6-4-10)12(14)15/h3-6,13H,2,7-9H2,1H3,(H,14,15). The van der Waals surface area contributed by atoms with E-state index in [2.05, 4.69) is 5.32 Å². The van der Waals surface area contributed by atoms with Gasteiger partial charge < -0.3 is 20.0 Å². The number of carbonyl (C=O) groups excluding carboxylic acids is 1. The number of benzene rings is 1. The molecule has 0 saturated carbocycles. The molecule has 1 aromatic carbocycles. The Morgan fingerprint density at radius 3 is 2.62 bits per heavy atom. The van der Waals surface area contributed by atoms with Crippen LogP contribution in [-0.2, 0) is 11.3 Å². The molecule has 1 aromatic rings. The van der Waals surface area contributed by atoms with Crippen LogP contribution in [0.4, 0.5) is 0 Å². The molecule has 1 rings (SSSR count). The minimum atomic E-state index is -1.13. The Hall–Kier alpha value is -1.39.